The first-order valence-electron chi connectivity index (χ1n) is 5.47. The number of rotatable bonds is 1. The van der Waals surface area contributed by atoms with E-state index in [0.717, 1.165) is 37.0 Å². The van der Waals surface area contributed by atoms with E-state index in [1.165, 1.54) is 5.56 Å². The summed E-state index contributed by atoms with van der Waals surface area (Å²) in [5, 5.41) is 4.08. The number of urea groups is 1. The van der Waals surface area contributed by atoms with Gasteiger partial charge in [-0.15, -0.1) is 0 Å². The fourth-order valence-corrected chi connectivity index (χ4v) is 2.00. The van der Waals surface area contributed by atoms with Crippen molar-refractivity contribution in [2.75, 3.05) is 0 Å². The summed E-state index contributed by atoms with van der Waals surface area (Å²) < 4.78 is 0. The molecule has 16 heavy (non-hydrogen) atoms. The molecule has 2 amide bonds. The second kappa shape index (κ2) is 4.79. The van der Waals surface area contributed by atoms with Crippen LogP contribution >= 0.6 is 0 Å². The van der Waals surface area contributed by atoms with Crippen molar-refractivity contribution in [3.05, 3.63) is 35.4 Å². The first kappa shape index (κ1) is 10.7. The maximum absolute atomic E-state index is 10.6. The lowest BCUT2D eigenvalue weighted by Crippen LogP contribution is -2.26. The molecule has 0 bridgehead atoms. The van der Waals surface area contributed by atoms with Crippen molar-refractivity contribution in [2.45, 2.75) is 25.7 Å². The molecule has 0 saturated carbocycles. The standard InChI is InChI=1S/C12H15N3O/c13-12(16)15-14-11-8-4-2-6-9-5-1-3-7-10(9)11/h1,3,5,7H,2,4,6,8H2,(H3,13,15,16)/b14-11+. The topological polar surface area (TPSA) is 67.5 Å². The SMILES string of the molecule is NC(=O)N/N=C1\CCCCc2ccccc21. The van der Waals surface area contributed by atoms with Crippen LogP contribution in [-0.2, 0) is 6.42 Å². The number of carbonyl (C=O) groups excluding carboxylic acids is 1. The van der Waals surface area contributed by atoms with E-state index in [-0.39, 0.29) is 0 Å². The highest BCUT2D eigenvalue weighted by atomic mass is 16.2. The van der Waals surface area contributed by atoms with Crippen LogP contribution in [0, 0.1) is 0 Å². The summed E-state index contributed by atoms with van der Waals surface area (Å²) >= 11 is 0. The predicted octanol–water partition coefficient (Wildman–Crippen LogP) is 1.79. The van der Waals surface area contributed by atoms with Crippen LogP contribution in [0.5, 0.6) is 0 Å². The number of carbonyl (C=O) groups is 1. The highest BCUT2D eigenvalue weighted by molar-refractivity contribution is 6.02. The molecule has 1 aromatic rings. The molecule has 0 spiro atoms. The predicted molar refractivity (Wildman–Crippen MR) is 63.3 cm³/mol. The first-order valence-corrected chi connectivity index (χ1v) is 5.47. The van der Waals surface area contributed by atoms with Gasteiger partial charge in [0.05, 0.1) is 5.71 Å². The second-order valence-corrected chi connectivity index (χ2v) is 3.90. The normalized spacial score (nSPS) is 17.6. The van der Waals surface area contributed by atoms with Crippen LogP contribution < -0.4 is 11.2 Å². The van der Waals surface area contributed by atoms with Crippen molar-refractivity contribution in [1.29, 1.82) is 0 Å². The van der Waals surface area contributed by atoms with E-state index < -0.39 is 6.03 Å². The number of nitrogens with two attached hydrogens (primary N) is 1. The third-order valence-electron chi connectivity index (χ3n) is 2.74. The summed E-state index contributed by atoms with van der Waals surface area (Å²) in [6.07, 6.45) is 4.21. The van der Waals surface area contributed by atoms with Crippen molar-refractivity contribution in [2.24, 2.45) is 10.8 Å². The number of hydrogen-bond acceptors (Lipinski definition) is 2. The van der Waals surface area contributed by atoms with Crippen LogP contribution in [0.3, 0.4) is 0 Å². The molecule has 1 aliphatic carbocycles. The number of benzene rings is 1. The van der Waals surface area contributed by atoms with Gasteiger partial charge in [-0.25, -0.2) is 10.2 Å². The molecule has 4 nitrogen and oxygen atoms in total. The van der Waals surface area contributed by atoms with Gasteiger partial charge in [-0.2, -0.15) is 5.10 Å². The number of nitrogens with zero attached hydrogens (tertiary/aromatic N) is 1. The Labute approximate surface area is 94.5 Å². The molecule has 2 rings (SSSR count). The monoisotopic (exact) mass is 217 g/mol. The minimum atomic E-state index is -0.616. The molecule has 0 atom stereocenters. The molecule has 0 fully saturated rings. The summed E-state index contributed by atoms with van der Waals surface area (Å²) in [5.74, 6) is 0. The maximum atomic E-state index is 10.6. The molecule has 0 aromatic heterocycles. The van der Waals surface area contributed by atoms with E-state index in [1.807, 2.05) is 18.2 Å². The third kappa shape index (κ3) is 2.39. The van der Waals surface area contributed by atoms with Crippen molar-refractivity contribution in [3.8, 4) is 0 Å². The number of hydrazone groups is 1. The van der Waals surface area contributed by atoms with Crippen LogP contribution in [-0.4, -0.2) is 11.7 Å². The molecule has 0 unspecified atom stereocenters. The van der Waals surface area contributed by atoms with Gasteiger partial charge in [-0.05, 0) is 31.2 Å². The van der Waals surface area contributed by atoms with Crippen molar-refractivity contribution in [3.63, 3.8) is 0 Å². The Kier molecular flexibility index (Phi) is 3.19. The van der Waals surface area contributed by atoms with E-state index in [2.05, 4.69) is 16.6 Å². The van der Waals surface area contributed by atoms with Gasteiger partial charge in [-0.3, -0.25) is 0 Å². The molecule has 84 valence electrons. The third-order valence-corrected chi connectivity index (χ3v) is 2.74. The lowest BCUT2D eigenvalue weighted by molar-refractivity contribution is 0.249. The number of primary amides is 1. The fraction of sp³-hybridized carbons (Fsp3) is 0.333. The average molecular weight is 217 g/mol. The molecule has 0 heterocycles. The quantitative estimate of drug-likeness (QED) is 0.546. The van der Waals surface area contributed by atoms with Gasteiger partial charge < -0.3 is 5.73 Å². The largest absolute Gasteiger partial charge is 0.350 e. The van der Waals surface area contributed by atoms with Gasteiger partial charge in [0, 0.05) is 5.56 Å². The summed E-state index contributed by atoms with van der Waals surface area (Å²) in [6, 6.07) is 7.56. The molecule has 3 N–H and O–H groups in total. The van der Waals surface area contributed by atoms with Crippen molar-refractivity contribution < 1.29 is 4.79 Å². The molecular formula is C12H15N3O. The highest BCUT2D eigenvalue weighted by Crippen LogP contribution is 2.20. The molecular weight excluding hydrogens is 202 g/mol. The lowest BCUT2D eigenvalue weighted by atomic mass is 10.0. The van der Waals surface area contributed by atoms with Gasteiger partial charge in [0.1, 0.15) is 0 Å². The first-order chi connectivity index (χ1) is 7.77. The molecule has 4 heteroatoms. The average Bonchev–Trinajstić information content (AvgIpc) is 2.48. The Bertz CT molecular complexity index is 426. The Balaban J connectivity index is 2.32. The highest BCUT2D eigenvalue weighted by Gasteiger charge is 2.13. The molecule has 0 aliphatic heterocycles. The number of aryl methyl sites for hydroxylation is 1. The van der Waals surface area contributed by atoms with E-state index in [4.69, 9.17) is 5.73 Å². The zero-order chi connectivity index (χ0) is 11.4. The van der Waals surface area contributed by atoms with Gasteiger partial charge >= 0.3 is 6.03 Å². The zero-order valence-electron chi connectivity index (χ0n) is 9.07. The summed E-state index contributed by atoms with van der Waals surface area (Å²) in [4.78, 5) is 10.6. The van der Waals surface area contributed by atoms with Crippen LogP contribution in [0.15, 0.2) is 29.4 Å². The van der Waals surface area contributed by atoms with E-state index >= 15 is 0 Å². The lowest BCUT2D eigenvalue weighted by Gasteiger charge is -2.06. The van der Waals surface area contributed by atoms with Gasteiger partial charge in [-0.1, -0.05) is 24.3 Å². The van der Waals surface area contributed by atoms with Crippen LogP contribution in [0.1, 0.15) is 30.4 Å². The summed E-state index contributed by atoms with van der Waals surface area (Å²) in [5.41, 5.74) is 10.7. The second-order valence-electron chi connectivity index (χ2n) is 3.90. The van der Waals surface area contributed by atoms with Gasteiger partial charge in [0.25, 0.3) is 0 Å². The Morgan fingerprint density at radius 2 is 2.00 bits per heavy atom. The number of amides is 2. The minimum absolute atomic E-state index is 0.616. The number of fused-ring (bicyclic) bond motifs is 1. The van der Waals surface area contributed by atoms with Crippen molar-refractivity contribution >= 4 is 11.7 Å². The zero-order valence-corrected chi connectivity index (χ0v) is 9.07. The van der Waals surface area contributed by atoms with E-state index in [1.54, 1.807) is 0 Å². The smallest absolute Gasteiger partial charge is 0.332 e. The molecule has 0 saturated heterocycles. The van der Waals surface area contributed by atoms with E-state index in [9.17, 15) is 4.79 Å². The fourth-order valence-electron chi connectivity index (χ4n) is 2.00. The number of nitrogens with one attached hydrogen (secondary N) is 1. The van der Waals surface area contributed by atoms with Gasteiger partial charge in [0.2, 0.25) is 0 Å². The Morgan fingerprint density at radius 3 is 2.81 bits per heavy atom. The molecule has 1 aromatic carbocycles. The Morgan fingerprint density at radius 1 is 1.25 bits per heavy atom. The van der Waals surface area contributed by atoms with Crippen LogP contribution in [0.25, 0.3) is 0 Å². The van der Waals surface area contributed by atoms with Crippen LogP contribution in [0.2, 0.25) is 0 Å². The summed E-state index contributed by atoms with van der Waals surface area (Å²) in [7, 11) is 0. The Hall–Kier alpha value is -1.84. The maximum Gasteiger partial charge on any atom is 0.332 e. The van der Waals surface area contributed by atoms with Crippen molar-refractivity contribution in [1.82, 2.24) is 5.43 Å². The summed E-state index contributed by atoms with van der Waals surface area (Å²) in [6.45, 7) is 0. The van der Waals surface area contributed by atoms with Gasteiger partial charge in [0.15, 0.2) is 0 Å². The molecule has 1 aliphatic rings. The van der Waals surface area contributed by atoms with E-state index in [0.29, 0.717) is 0 Å². The number of hydrogen-bond donors (Lipinski definition) is 2. The molecule has 0 radical (unpaired) electrons. The minimum Gasteiger partial charge on any atom is -0.350 e. The van der Waals surface area contributed by atoms with Crippen LogP contribution in [0.4, 0.5) is 4.79 Å².